The fourth-order valence-electron chi connectivity index (χ4n) is 1.04. The molecule has 0 radical (unpaired) electrons. The fraction of sp³-hybridized carbons (Fsp3) is 0.333. The third-order valence-corrected chi connectivity index (χ3v) is 1.99. The van der Waals surface area contributed by atoms with E-state index in [1.807, 2.05) is 19.9 Å². The van der Waals surface area contributed by atoms with Crippen molar-refractivity contribution in [3.8, 4) is 0 Å². The molecule has 1 atom stereocenters. The second-order valence-electron chi connectivity index (χ2n) is 2.85. The van der Waals surface area contributed by atoms with Gasteiger partial charge in [-0.05, 0) is 33.1 Å². The van der Waals surface area contributed by atoms with Gasteiger partial charge in [0, 0.05) is 12.4 Å². The zero-order valence-corrected chi connectivity index (χ0v) is 9.72. The van der Waals surface area contributed by atoms with E-state index >= 15 is 0 Å². The topological polar surface area (TPSA) is 34.9 Å². The van der Waals surface area contributed by atoms with Gasteiger partial charge in [-0.1, -0.05) is 13.0 Å². The van der Waals surface area contributed by atoms with Gasteiger partial charge in [0.05, 0.1) is 5.92 Å². The first-order valence-electron chi connectivity index (χ1n) is 3.97. The van der Waals surface area contributed by atoms with Crippen LogP contribution in [0.2, 0.25) is 0 Å². The first-order valence-corrected chi connectivity index (χ1v) is 5.05. The van der Waals surface area contributed by atoms with Gasteiger partial charge in [-0.15, -0.1) is 0 Å². The normalized spacial score (nSPS) is 14.2. The van der Waals surface area contributed by atoms with Crippen LogP contribution in [-0.4, -0.2) is 15.5 Å². The molecule has 0 aliphatic rings. The van der Waals surface area contributed by atoms with Gasteiger partial charge in [0.25, 0.3) is 0 Å². The van der Waals surface area contributed by atoms with Gasteiger partial charge < -0.3 is 0 Å². The first kappa shape index (κ1) is 10.4. The van der Waals surface area contributed by atoms with Crippen molar-refractivity contribution in [3.63, 3.8) is 0 Å². The molecule has 0 saturated carbocycles. The first-order chi connectivity index (χ1) is 6.11. The van der Waals surface area contributed by atoms with E-state index in [0.29, 0.717) is 0 Å². The molecule has 4 heteroatoms. The predicted octanol–water partition coefficient (Wildman–Crippen LogP) is 2.50. The van der Waals surface area contributed by atoms with Gasteiger partial charge in [-0.2, -0.15) is 0 Å². The van der Waals surface area contributed by atoms with Gasteiger partial charge in [0.2, 0.25) is 5.91 Å². The van der Waals surface area contributed by atoms with Crippen LogP contribution >= 0.6 is 22.6 Å². The molecular formula is C9H11IN2O. The number of rotatable bonds is 2. The Morgan fingerprint density at radius 3 is 2.85 bits per heavy atom. The van der Waals surface area contributed by atoms with Crippen LogP contribution in [0.3, 0.4) is 0 Å². The number of hydrogen-bond acceptors (Lipinski definition) is 2. The maximum absolute atomic E-state index is 11.6. The van der Waals surface area contributed by atoms with Crippen molar-refractivity contribution in [2.24, 2.45) is 5.92 Å². The highest BCUT2D eigenvalue weighted by molar-refractivity contribution is 14.1. The number of aromatic nitrogens is 2. The van der Waals surface area contributed by atoms with Crippen LogP contribution < -0.4 is 0 Å². The summed E-state index contributed by atoms with van der Waals surface area (Å²) in [5.41, 5.74) is 0. The molecule has 1 heterocycles. The van der Waals surface area contributed by atoms with Crippen LogP contribution in [0, 0.1) is 5.92 Å². The Morgan fingerprint density at radius 2 is 2.38 bits per heavy atom. The summed E-state index contributed by atoms with van der Waals surface area (Å²) in [5, 5.41) is 0. The molecule has 0 fully saturated rings. The highest BCUT2D eigenvalue weighted by Gasteiger charge is 2.11. The van der Waals surface area contributed by atoms with Crippen molar-refractivity contribution < 1.29 is 4.79 Å². The molecular weight excluding hydrogens is 279 g/mol. The third-order valence-electron chi connectivity index (χ3n) is 1.63. The van der Waals surface area contributed by atoms with Crippen LogP contribution in [0.15, 0.2) is 28.4 Å². The molecule has 1 aromatic rings. The van der Waals surface area contributed by atoms with Gasteiger partial charge in [-0.25, -0.2) is 4.98 Å². The lowest BCUT2D eigenvalue weighted by Crippen LogP contribution is -2.16. The summed E-state index contributed by atoms with van der Waals surface area (Å²) in [5.74, 6) is -0.0420. The summed E-state index contributed by atoms with van der Waals surface area (Å²) in [6, 6.07) is 0. The molecule has 1 aromatic heterocycles. The number of carbonyl (C=O) groups is 1. The Labute approximate surface area is 91.0 Å². The largest absolute Gasteiger partial charge is 0.276 e. The predicted molar refractivity (Wildman–Crippen MR) is 59.8 cm³/mol. The minimum atomic E-state index is -0.0916. The maximum Gasteiger partial charge on any atom is 0.238 e. The van der Waals surface area contributed by atoms with Crippen molar-refractivity contribution in [1.29, 1.82) is 0 Å². The Morgan fingerprint density at radius 1 is 1.69 bits per heavy atom. The van der Waals surface area contributed by atoms with E-state index in [2.05, 4.69) is 27.6 Å². The maximum atomic E-state index is 11.6. The van der Waals surface area contributed by atoms with Crippen LogP contribution in [0.4, 0.5) is 0 Å². The average Bonchev–Trinajstić information content (AvgIpc) is 2.53. The number of halogens is 1. The molecule has 3 nitrogen and oxygen atoms in total. The highest BCUT2D eigenvalue weighted by Crippen LogP contribution is 2.10. The van der Waals surface area contributed by atoms with Gasteiger partial charge in [-0.3, -0.25) is 9.36 Å². The van der Waals surface area contributed by atoms with E-state index in [0.717, 1.165) is 3.58 Å². The van der Waals surface area contributed by atoms with Gasteiger partial charge >= 0.3 is 0 Å². The van der Waals surface area contributed by atoms with Crippen LogP contribution in [0.5, 0.6) is 0 Å². The SMILES string of the molecule is C/C(I)=C\[C@@H](C)C(=O)n1ccnc1. The van der Waals surface area contributed by atoms with Crippen LogP contribution in [0.1, 0.15) is 18.6 Å². The molecule has 0 saturated heterocycles. The number of nitrogens with zero attached hydrogens (tertiary/aromatic N) is 2. The van der Waals surface area contributed by atoms with Gasteiger partial charge in [0.1, 0.15) is 6.33 Å². The lowest BCUT2D eigenvalue weighted by Gasteiger charge is -2.05. The van der Waals surface area contributed by atoms with E-state index in [4.69, 9.17) is 0 Å². The summed E-state index contributed by atoms with van der Waals surface area (Å²) in [6.45, 7) is 3.85. The van der Waals surface area contributed by atoms with Crippen LogP contribution in [0.25, 0.3) is 0 Å². The number of allylic oxidation sites excluding steroid dienone is 2. The Balaban J connectivity index is 2.75. The van der Waals surface area contributed by atoms with E-state index in [1.165, 1.54) is 10.9 Å². The van der Waals surface area contributed by atoms with E-state index in [-0.39, 0.29) is 11.8 Å². The molecule has 0 unspecified atom stereocenters. The van der Waals surface area contributed by atoms with Gasteiger partial charge in [0.15, 0.2) is 0 Å². The molecule has 0 bridgehead atoms. The summed E-state index contributed by atoms with van der Waals surface area (Å²) in [6.07, 6.45) is 6.72. The van der Waals surface area contributed by atoms with Crippen molar-refractivity contribution >= 4 is 28.5 Å². The zero-order chi connectivity index (χ0) is 9.84. The van der Waals surface area contributed by atoms with Crippen molar-refractivity contribution in [3.05, 3.63) is 28.4 Å². The quantitative estimate of drug-likeness (QED) is 0.784. The Bertz CT molecular complexity index is 312. The van der Waals surface area contributed by atoms with Crippen molar-refractivity contribution in [1.82, 2.24) is 9.55 Å². The van der Waals surface area contributed by atoms with E-state index in [1.54, 1.807) is 12.4 Å². The standard InChI is InChI=1S/C9H11IN2O/c1-7(5-8(2)10)9(13)12-4-3-11-6-12/h3-7H,1-2H3/b8-5+/t7-/m1/s1. The second kappa shape index (κ2) is 4.55. The second-order valence-corrected chi connectivity index (χ2v) is 4.55. The molecule has 0 aliphatic carbocycles. The highest BCUT2D eigenvalue weighted by atomic mass is 127. The molecule has 0 N–H and O–H groups in total. The van der Waals surface area contributed by atoms with Crippen LogP contribution in [-0.2, 0) is 0 Å². The summed E-state index contributed by atoms with van der Waals surface area (Å²) < 4.78 is 2.62. The number of carbonyl (C=O) groups excluding carboxylic acids is 1. The molecule has 0 aromatic carbocycles. The molecule has 70 valence electrons. The monoisotopic (exact) mass is 290 g/mol. The lowest BCUT2D eigenvalue weighted by atomic mass is 10.1. The minimum absolute atomic E-state index is 0.0496. The Hall–Kier alpha value is -0.650. The smallest absolute Gasteiger partial charge is 0.238 e. The number of imidazole rings is 1. The molecule has 13 heavy (non-hydrogen) atoms. The zero-order valence-electron chi connectivity index (χ0n) is 7.57. The molecule has 1 rings (SSSR count). The molecule has 0 amide bonds. The average molecular weight is 290 g/mol. The fourth-order valence-corrected chi connectivity index (χ4v) is 1.58. The summed E-state index contributed by atoms with van der Waals surface area (Å²) >= 11 is 2.19. The summed E-state index contributed by atoms with van der Waals surface area (Å²) in [7, 11) is 0. The van der Waals surface area contributed by atoms with E-state index < -0.39 is 0 Å². The number of hydrogen-bond donors (Lipinski definition) is 0. The Kier molecular flexibility index (Phi) is 3.65. The van der Waals surface area contributed by atoms with E-state index in [9.17, 15) is 4.79 Å². The summed E-state index contributed by atoms with van der Waals surface area (Å²) in [4.78, 5) is 15.4. The van der Waals surface area contributed by atoms with Crippen molar-refractivity contribution in [2.75, 3.05) is 0 Å². The molecule has 0 aliphatic heterocycles. The third kappa shape index (κ3) is 2.95. The molecule has 0 spiro atoms. The van der Waals surface area contributed by atoms with Crippen molar-refractivity contribution in [2.45, 2.75) is 13.8 Å². The lowest BCUT2D eigenvalue weighted by molar-refractivity contribution is 0.0870. The minimum Gasteiger partial charge on any atom is -0.276 e.